The fourth-order valence-electron chi connectivity index (χ4n) is 2.21. The standard InChI is InChI=1S/C11H23N.ClH/c1-4-10(2,3)11(12)8-6-5-7-9-11;/h4-9,12H2,1-3H3;1H. The summed E-state index contributed by atoms with van der Waals surface area (Å²) in [6.07, 6.45) is 7.71. The number of rotatable bonds is 2. The van der Waals surface area contributed by atoms with E-state index in [0.29, 0.717) is 5.41 Å². The topological polar surface area (TPSA) is 26.0 Å². The highest BCUT2D eigenvalue weighted by atomic mass is 35.5. The van der Waals surface area contributed by atoms with Gasteiger partial charge in [-0.3, -0.25) is 0 Å². The molecule has 0 aromatic carbocycles. The molecule has 13 heavy (non-hydrogen) atoms. The van der Waals surface area contributed by atoms with Crippen LogP contribution in [0, 0.1) is 5.41 Å². The van der Waals surface area contributed by atoms with E-state index in [2.05, 4.69) is 20.8 Å². The summed E-state index contributed by atoms with van der Waals surface area (Å²) in [7, 11) is 0. The molecule has 2 heteroatoms. The van der Waals surface area contributed by atoms with Crippen LogP contribution in [-0.4, -0.2) is 5.54 Å². The van der Waals surface area contributed by atoms with Crippen LogP contribution < -0.4 is 5.73 Å². The minimum atomic E-state index is 0. The van der Waals surface area contributed by atoms with Crippen LogP contribution in [-0.2, 0) is 0 Å². The van der Waals surface area contributed by atoms with E-state index in [1.54, 1.807) is 0 Å². The van der Waals surface area contributed by atoms with Gasteiger partial charge in [-0.15, -0.1) is 12.4 Å². The minimum Gasteiger partial charge on any atom is -0.325 e. The molecule has 0 aromatic rings. The van der Waals surface area contributed by atoms with Gasteiger partial charge in [0.1, 0.15) is 0 Å². The minimum absolute atomic E-state index is 0. The zero-order chi connectivity index (χ0) is 9.24. The Balaban J connectivity index is 0.00000144. The summed E-state index contributed by atoms with van der Waals surface area (Å²) in [6.45, 7) is 6.89. The molecule has 1 fully saturated rings. The van der Waals surface area contributed by atoms with Gasteiger partial charge in [-0.05, 0) is 24.7 Å². The number of halogens is 1. The molecule has 0 aliphatic heterocycles. The molecule has 0 unspecified atom stereocenters. The Morgan fingerprint density at radius 1 is 1.15 bits per heavy atom. The van der Waals surface area contributed by atoms with Crippen LogP contribution >= 0.6 is 12.4 Å². The van der Waals surface area contributed by atoms with Gasteiger partial charge < -0.3 is 5.73 Å². The van der Waals surface area contributed by atoms with E-state index in [-0.39, 0.29) is 17.9 Å². The summed E-state index contributed by atoms with van der Waals surface area (Å²) in [4.78, 5) is 0. The molecule has 0 atom stereocenters. The van der Waals surface area contributed by atoms with E-state index in [4.69, 9.17) is 5.73 Å². The zero-order valence-electron chi connectivity index (χ0n) is 9.23. The van der Waals surface area contributed by atoms with Crippen molar-refractivity contribution in [2.24, 2.45) is 11.1 Å². The molecular weight excluding hydrogens is 182 g/mol. The summed E-state index contributed by atoms with van der Waals surface area (Å²) >= 11 is 0. The first-order valence-electron chi connectivity index (χ1n) is 5.31. The molecule has 0 aromatic heterocycles. The fraction of sp³-hybridized carbons (Fsp3) is 1.00. The monoisotopic (exact) mass is 205 g/mol. The van der Waals surface area contributed by atoms with Crippen molar-refractivity contribution in [2.45, 2.75) is 64.8 Å². The lowest BCUT2D eigenvalue weighted by Gasteiger charge is -2.46. The average Bonchev–Trinajstić information content (AvgIpc) is 2.06. The number of hydrogen-bond acceptors (Lipinski definition) is 1. The first-order valence-corrected chi connectivity index (χ1v) is 5.31. The van der Waals surface area contributed by atoms with Crippen molar-refractivity contribution in [3.63, 3.8) is 0 Å². The van der Waals surface area contributed by atoms with E-state index in [1.807, 2.05) is 0 Å². The molecular formula is C11H24ClN. The molecule has 1 nitrogen and oxygen atoms in total. The normalized spacial score (nSPS) is 22.2. The Morgan fingerprint density at radius 2 is 1.62 bits per heavy atom. The molecule has 0 radical (unpaired) electrons. The third-order valence-electron chi connectivity index (χ3n) is 3.98. The van der Waals surface area contributed by atoms with Gasteiger partial charge in [-0.1, -0.05) is 40.0 Å². The Bertz CT molecular complexity index is 148. The third-order valence-corrected chi connectivity index (χ3v) is 3.98. The Hall–Kier alpha value is 0.250. The van der Waals surface area contributed by atoms with Crippen LogP contribution in [0.5, 0.6) is 0 Å². The SMILES string of the molecule is CCC(C)(C)C1(N)CCCCC1.Cl. The van der Waals surface area contributed by atoms with E-state index in [1.165, 1.54) is 38.5 Å². The van der Waals surface area contributed by atoms with E-state index in [9.17, 15) is 0 Å². The summed E-state index contributed by atoms with van der Waals surface area (Å²) in [5, 5.41) is 0. The Morgan fingerprint density at radius 3 is 2.00 bits per heavy atom. The van der Waals surface area contributed by atoms with Crippen LogP contribution in [0.25, 0.3) is 0 Å². The molecule has 2 N–H and O–H groups in total. The predicted octanol–water partition coefficient (Wildman–Crippen LogP) is 3.51. The summed E-state index contributed by atoms with van der Waals surface area (Å²) in [6, 6.07) is 0. The molecule has 80 valence electrons. The maximum absolute atomic E-state index is 6.45. The van der Waals surface area contributed by atoms with Gasteiger partial charge in [-0.25, -0.2) is 0 Å². The second kappa shape index (κ2) is 4.65. The highest BCUT2D eigenvalue weighted by Crippen LogP contribution is 2.42. The van der Waals surface area contributed by atoms with Crippen molar-refractivity contribution in [1.29, 1.82) is 0 Å². The third kappa shape index (κ3) is 2.60. The molecule has 1 rings (SSSR count). The fourth-order valence-corrected chi connectivity index (χ4v) is 2.21. The molecule has 0 saturated heterocycles. The van der Waals surface area contributed by atoms with Crippen LogP contribution in [0.2, 0.25) is 0 Å². The van der Waals surface area contributed by atoms with Gasteiger partial charge in [0.2, 0.25) is 0 Å². The lowest BCUT2D eigenvalue weighted by Crippen LogP contribution is -2.53. The van der Waals surface area contributed by atoms with Crippen LogP contribution in [0.4, 0.5) is 0 Å². The van der Waals surface area contributed by atoms with Crippen molar-refractivity contribution in [3.8, 4) is 0 Å². The first-order chi connectivity index (χ1) is 5.52. The maximum atomic E-state index is 6.45. The zero-order valence-corrected chi connectivity index (χ0v) is 10.0. The van der Waals surface area contributed by atoms with Crippen molar-refractivity contribution < 1.29 is 0 Å². The highest BCUT2D eigenvalue weighted by molar-refractivity contribution is 5.85. The maximum Gasteiger partial charge on any atom is 0.0205 e. The summed E-state index contributed by atoms with van der Waals surface area (Å²) < 4.78 is 0. The van der Waals surface area contributed by atoms with Gasteiger partial charge in [-0.2, -0.15) is 0 Å². The first kappa shape index (κ1) is 13.2. The van der Waals surface area contributed by atoms with Crippen molar-refractivity contribution in [3.05, 3.63) is 0 Å². The van der Waals surface area contributed by atoms with Gasteiger partial charge in [0.25, 0.3) is 0 Å². The Kier molecular flexibility index (Phi) is 4.74. The molecule has 1 aliphatic carbocycles. The largest absolute Gasteiger partial charge is 0.325 e. The van der Waals surface area contributed by atoms with Gasteiger partial charge in [0, 0.05) is 5.54 Å². The second-order valence-electron chi connectivity index (χ2n) is 4.95. The molecule has 0 heterocycles. The summed E-state index contributed by atoms with van der Waals surface area (Å²) in [5.74, 6) is 0. The molecule has 1 aliphatic rings. The van der Waals surface area contributed by atoms with Gasteiger partial charge >= 0.3 is 0 Å². The quantitative estimate of drug-likeness (QED) is 0.734. The van der Waals surface area contributed by atoms with Crippen molar-refractivity contribution >= 4 is 12.4 Å². The molecule has 0 amide bonds. The molecule has 0 bridgehead atoms. The number of nitrogens with two attached hydrogens (primary N) is 1. The lowest BCUT2D eigenvalue weighted by atomic mass is 9.64. The predicted molar refractivity (Wildman–Crippen MR) is 61.3 cm³/mol. The highest BCUT2D eigenvalue weighted by Gasteiger charge is 2.40. The van der Waals surface area contributed by atoms with Crippen LogP contribution in [0.1, 0.15) is 59.3 Å². The molecule has 0 spiro atoms. The van der Waals surface area contributed by atoms with E-state index in [0.717, 1.165) is 0 Å². The average molecular weight is 206 g/mol. The van der Waals surface area contributed by atoms with Gasteiger partial charge in [0.15, 0.2) is 0 Å². The van der Waals surface area contributed by atoms with Crippen LogP contribution in [0.3, 0.4) is 0 Å². The van der Waals surface area contributed by atoms with Crippen molar-refractivity contribution in [1.82, 2.24) is 0 Å². The van der Waals surface area contributed by atoms with Crippen molar-refractivity contribution in [2.75, 3.05) is 0 Å². The lowest BCUT2D eigenvalue weighted by molar-refractivity contribution is 0.110. The smallest absolute Gasteiger partial charge is 0.0205 e. The van der Waals surface area contributed by atoms with E-state index >= 15 is 0 Å². The number of hydrogen-bond donors (Lipinski definition) is 1. The van der Waals surface area contributed by atoms with Crippen LogP contribution in [0.15, 0.2) is 0 Å². The Labute approximate surface area is 88.9 Å². The summed E-state index contributed by atoms with van der Waals surface area (Å²) in [5.41, 5.74) is 6.90. The van der Waals surface area contributed by atoms with E-state index < -0.39 is 0 Å². The van der Waals surface area contributed by atoms with Gasteiger partial charge in [0.05, 0.1) is 0 Å². The second-order valence-corrected chi connectivity index (χ2v) is 4.95. The molecule has 1 saturated carbocycles.